The minimum absolute atomic E-state index is 0.0865. The van der Waals surface area contributed by atoms with Gasteiger partial charge >= 0.3 is 0 Å². The summed E-state index contributed by atoms with van der Waals surface area (Å²) >= 11 is 0. The molecule has 0 atom stereocenters. The molecule has 0 unspecified atom stereocenters. The topological polar surface area (TPSA) is 89.3 Å². The lowest BCUT2D eigenvalue weighted by molar-refractivity contribution is -0.121. The summed E-state index contributed by atoms with van der Waals surface area (Å²) < 4.78 is 21.3. The highest BCUT2D eigenvalue weighted by Crippen LogP contribution is 2.10. The van der Waals surface area contributed by atoms with Crippen molar-refractivity contribution in [2.75, 3.05) is 12.3 Å². The molecule has 0 heterocycles. The Morgan fingerprint density at radius 1 is 0.950 bits per heavy atom. The molecule has 0 aromatic heterocycles. The molecule has 6 heteroatoms. The first-order valence-electron chi connectivity index (χ1n) is 7.73. The molecule has 0 saturated heterocycles. The number of hydrogen-bond acceptors (Lipinski definition) is 3. The molecule has 0 fully saturated rings. The maximum atomic E-state index is 11.4. The number of rotatable bonds is 13. The molecule has 0 bridgehead atoms. The normalized spacial score (nSPS) is 11.5. The third-order valence-electron chi connectivity index (χ3n) is 3.22. The van der Waals surface area contributed by atoms with Crippen LogP contribution < -0.4 is 10.5 Å². The first kappa shape index (κ1) is 19.4. The van der Waals surface area contributed by atoms with Crippen LogP contribution in [-0.2, 0) is 14.8 Å². The highest BCUT2D eigenvalue weighted by Gasteiger charge is 2.04. The zero-order valence-electron chi connectivity index (χ0n) is 12.7. The van der Waals surface area contributed by atoms with Gasteiger partial charge in [0.15, 0.2) is 0 Å². The third-order valence-corrected chi connectivity index (χ3v) is 3.99. The van der Waals surface area contributed by atoms with Crippen LogP contribution in [0.3, 0.4) is 0 Å². The predicted octanol–water partition coefficient (Wildman–Crippen LogP) is 2.31. The largest absolute Gasteiger partial charge is 0.355 e. The van der Waals surface area contributed by atoms with E-state index in [0.717, 1.165) is 12.8 Å². The third kappa shape index (κ3) is 15.4. The standard InChI is InChI=1S/C14H30N2O3S/c1-2-3-4-5-6-7-8-9-10-11-14(17)16-12-13-20(15,18)19/h2-13H2,1H3,(H,16,17)(H2,15,18,19). The van der Waals surface area contributed by atoms with Gasteiger partial charge < -0.3 is 5.32 Å². The number of sulfonamides is 1. The SMILES string of the molecule is CCCCCCCCCCCC(=O)NCCS(N)(=O)=O. The maximum Gasteiger partial charge on any atom is 0.220 e. The van der Waals surface area contributed by atoms with Crippen molar-refractivity contribution in [3.8, 4) is 0 Å². The molecule has 3 N–H and O–H groups in total. The molecule has 0 aromatic rings. The Labute approximate surface area is 123 Å². The Bertz CT molecular complexity index is 342. The summed E-state index contributed by atoms with van der Waals surface area (Å²) in [5.41, 5.74) is 0. The molecule has 0 saturated carbocycles. The van der Waals surface area contributed by atoms with Gasteiger partial charge in [0.1, 0.15) is 0 Å². The summed E-state index contributed by atoms with van der Waals surface area (Å²) in [7, 11) is -3.48. The average Bonchev–Trinajstić information content (AvgIpc) is 2.35. The fourth-order valence-corrected chi connectivity index (χ4v) is 2.40. The van der Waals surface area contributed by atoms with E-state index in [2.05, 4.69) is 12.2 Å². The molecule has 0 rings (SSSR count). The zero-order chi connectivity index (χ0) is 15.3. The molecule has 5 nitrogen and oxygen atoms in total. The van der Waals surface area contributed by atoms with E-state index in [0.29, 0.717) is 6.42 Å². The molecule has 0 spiro atoms. The number of primary sulfonamides is 1. The number of amides is 1. The number of nitrogens with one attached hydrogen (secondary N) is 1. The van der Waals surface area contributed by atoms with E-state index < -0.39 is 10.0 Å². The number of hydrogen-bond donors (Lipinski definition) is 2. The number of nitrogens with two attached hydrogens (primary N) is 1. The summed E-state index contributed by atoms with van der Waals surface area (Å²) in [6, 6.07) is 0. The van der Waals surface area contributed by atoms with E-state index in [9.17, 15) is 13.2 Å². The van der Waals surface area contributed by atoms with Crippen LogP contribution in [0.4, 0.5) is 0 Å². The summed E-state index contributed by atoms with van der Waals surface area (Å²) in [5.74, 6) is -0.284. The highest BCUT2D eigenvalue weighted by atomic mass is 32.2. The molecule has 120 valence electrons. The summed E-state index contributed by atoms with van der Waals surface area (Å²) in [5, 5.41) is 7.41. The van der Waals surface area contributed by atoms with E-state index in [4.69, 9.17) is 5.14 Å². The second-order valence-corrected chi connectivity index (χ2v) is 7.03. The number of carbonyl (C=O) groups excluding carboxylic acids is 1. The van der Waals surface area contributed by atoms with Gasteiger partial charge in [-0.05, 0) is 6.42 Å². The van der Waals surface area contributed by atoms with Crippen molar-refractivity contribution in [3.05, 3.63) is 0 Å². The van der Waals surface area contributed by atoms with Crippen LogP contribution in [0.15, 0.2) is 0 Å². The van der Waals surface area contributed by atoms with E-state index in [1.807, 2.05) is 0 Å². The van der Waals surface area contributed by atoms with Gasteiger partial charge in [0, 0.05) is 13.0 Å². The molecule has 0 aliphatic carbocycles. The van der Waals surface area contributed by atoms with Crippen LogP contribution in [0, 0.1) is 0 Å². The number of unbranched alkanes of at least 4 members (excludes halogenated alkanes) is 8. The number of carbonyl (C=O) groups is 1. The van der Waals surface area contributed by atoms with Gasteiger partial charge in [0.25, 0.3) is 0 Å². The second kappa shape index (κ2) is 12.1. The van der Waals surface area contributed by atoms with Crippen LogP contribution >= 0.6 is 0 Å². The lowest BCUT2D eigenvalue weighted by atomic mass is 10.1. The smallest absolute Gasteiger partial charge is 0.220 e. The van der Waals surface area contributed by atoms with Crippen molar-refractivity contribution in [1.29, 1.82) is 0 Å². The molecule has 0 aliphatic heterocycles. The Morgan fingerprint density at radius 2 is 1.45 bits per heavy atom. The van der Waals surface area contributed by atoms with E-state index in [-0.39, 0.29) is 18.2 Å². The van der Waals surface area contributed by atoms with E-state index in [1.165, 1.54) is 44.9 Å². The fourth-order valence-electron chi connectivity index (χ4n) is 2.02. The molecule has 20 heavy (non-hydrogen) atoms. The summed E-state index contributed by atoms with van der Waals surface area (Å²) in [6.45, 7) is 2.32. The van der Waals surface area contributed by atoms with E-state index in [1.54, 1.807) is 0 Å². The lowest BCUT2D eigenvalue weighted by Gasteiger charge is -2.04. The van der Waals surface area contributed by atoms with Crippen molar-refractivity contribution in [2.24, 2.45) is 5.14 Å². The van der Waals surface area contributed by atoms with Crippen LogP contribution in [0.1, 0.15) is 71.1 Å². The Hall–Kier alpha value is -0.620. The molecular weight excluding hydrogens is 276 g/mol. The quantitative estimate of drug-likeness (QED) is 0.512. The van der Waals surface area contributed by atoms with E-state index >= 15 is 0 Å². The average molecular weight is 306 g/mol. The minimum Gasteiger partial charge on any atom is -0.355 e. The minimum atomic E-state index is -3.48. The molecule has 1 amide bonds. The maximum absolute atomic E-state index is 11.4. The van der Waals surface area contributed by atoms with Gasteiger partial charge in [-0.2, -0.15) is 0 Å². The van der Waals surface area contributed by atoms with Crippen LogP contribution in [0.2, 0.25) is 0 Å². The van der Waals surface area contributed by atoms with Gasteiger partial charge in [-0.3, -0.25) is 4.79 Å². The van der Waals surface area contributed by atoms with Gasteiger partial charge in [0.2, 0.25) is 15.9 Å². The summed E-state index contributed by atoms with van der Waals surface area (Å²) in [6.07, 6.45) is 11.4. The van der Waals surface area contributed by atoms with Gasteiger partial charge in [-0.15, -0.1) is 0 Å². The van der Waals surface area contributed by atoms with Crippen molar-refractivity contribution < 1.29 is 13.2 Å². The molecular formula is C14H30N2O3S. The predicted molar refractivity (Wildman–Crippen MR) is 82.8 cm³/mol. The van der Waals surface area contributed by atoms with Crippen molar-refractivity contribution in [3.63, 3.8) is 0 Å². The molecule has 0 radical (unpaired) electrons. The first-order chi connectivity index (χ1) is 9.45. The highest BCUT2D eigenvalue weighted by molar-refractivity contribution is 7.89. The van der Waals surface area contributed by atoms with Gasteiger partial charge in [-0.25, -0.2) is 13.6 Å². The van der Waals surface area contributed by atoms with Gasteiger partial charge in [0.05, 0.1) is 5.75 Å². The van der Waals surface area contributed by atoms with Gasteiger partial charge in [-0.1, -0.05) is 58.3 Å². The van der Waals surface area contributed by atoms with Crippen LogP contribution in [0.25, 0.3) is 0 Å². The summed E-state index contributed by atoms with van der Waals surface area (Å²) in [4.78, 5) is 11.4. The zero-order valence-corrected chi connectivity index (χ0v) is 13.5. The molecule has 0 aromatic carbocycles. The Balaban J connectivity index is 3.27. The van der Waals surface area contributed by atoms with Crippen LogP contribution in [-0.4, -0.2) is 26.6 Å². The fraction of sp³-hybridized carbons (Fsp3) is 0.929. The first-order valence-corrected chi connectivity index (χ1v) is 9.44. The Morgan fingerprint density at radius 3 is 1.95 bits per heavy atom. The van der Waals surface area contributed by atoms with Crippen molar-refractivity contribution >= 4 is 15.9 Å². The van der Waals surface area contributed by atoms with Crippen molar-refractivity contribution in [2.45, 2.75) is 71.1 Å². The molecule has 0 aliphatic rings. The lowest BCUT2D eigenvalue weighted by Crippen LogP contribution is -2.31. The Kier molecular flexibility index (Phi) is 11.8. The second-order valence-electron chi connectivity index (χ2n) is 5.30. The van der Waals surface area contributed by atoms with Crippen molar-refractivity contribution in [1.82, 2.24) is 5.32 Å². The van der Waals surface area contributed by atoms with Crippen LogP contribution in [0.5, 0.6) is 0 Å². The monoisotopic (exact) mass is 306 g/mol.